The first-order valence-corrected chi connectivity index (χ1v) is 6.48. The van der Waals surface area contributed by atoms with E-state index in [1.807, 2.05) is 0 Å². The second-order valence-corrected chi connectivity index (χ2v) is 4.61. The molecule has 2 rings (SSSR count). The smallest absolute Gasteiger partial charge is 0.226 e. The molecule has 1 saturated heterocycles. The molecule has 0 radical (unpaired) electrons. The lowest BCUT2D eigenvalue weighted by atomic mass is 10.1. The summed E-state index contributed by atoms with van der Waals surface area (Å²) < 4.78 is 10.4. The fraction of sp³-hybridized carbons (Fsp3) is 0.500. The SMILES string of the molecule is COc1ccc(NC(=O)CC2CCCN2)c(OC)c1.Cl. The molecule has 1 aromatic carbocycles. The van der Waals surface area contributed by atoms with Gasteiger partial charge in [-0.2, -0.15) is 0 Å². The van der Waals surface area contributed by atoms with Gasteiger partial charge in [0.1, 0.15) is 11.5 Å². The molecule has 20 heavy (non-hydrogen) atoms. The van der Waals surface area contributed by atoms with Crippen LogP contribution >= 0.6 is 12.4 Å². The van der Waals surface area contributed by atoms with E-state index in [-0.39, 0.29) is 18.3 Å². The van der Waals surface area contributed by atoms with Crippen LogP contribution in [0.15, 0.2) is 18.2 Å². The van der Waals surface area contributed by atoms with Crippen molar-refractivity contribution in [2.45, 2.75) is 25.3 Å². The van der Waals surface area contributed by atoms with E-state index in [2.05, 4.69) is 10.6 Å². The molecule has 1 fully saturated rings. The fourth-order valence-electron chi connectivity index (χ4n) is 2.26. The first-order valence-electron chi connectivity index (χ1n) is 6.48. The van der Waals surface area contributed by atoms with Gasteiger partial charge in [-0.05, 0) is 31.5 Å². The number of hydrogen-bond donors (Lipinski definition) is 2. The van der Waals surface area contributed by atoms with Crippen LogP contribution in [0.25, 0.3) is 0 Å². The first kappa shape index (κ1) is 16.6. The molecule has 2 N–H and O–H groups in total. The van der Waals surface area contributed by atoms with E-state index in [1.54, 1.807) is 32.4 Å². The van der Waals surface area contributed by atoms with Crippen LogP contribution in [0.3, 0.4) is 0 Å². The molecule has 1 aromatic rings. The molecule has 1 heterocycles. The van der Waals surface area contributed by atoms with Gasteiger partial charge in [0, 0.05) is 18.5 Å². The second kappa shape index (κ2) is 7.97. The average Bonchev–Trinajstić information content (AvgIpc) is 2.91. The lowest BCUT2D eigenvalue weighted by Gasteiger charge is -2.13. The normalized spacial score (nSPS) is 17.2. The molecular weight excluding hydrogens is 280 g/mol. The third-order valence-electron chi connectivity index (χ3n) is 3.28. The number of nitrogens with one attached hydrogen (secondary N) is 2. The van der Waals surface area contributed by atoms with Gasteiger partial charge in [0.05, 0.1) is 19.9 Å². The van der Waals surface area contributed by atoms with Crippen molar-refractivity contribution in [2.75, 3.05) is 26.1 Å². The number of rotatable bonds is 5. The first-order chi connectivity index (χ1) is 9.22. The molecule has 5 nitrogen and oxygen atoms in total. The van der Waals surface area contributed by atoms with Crippen LogP contribution < -0.4 is 20.1 Å². The molecule has 1 aliphatic rings. The highest BCUT2D eigenvalue weighted by Gasteiger charge is 2.18. The van der Waals surface area contributed by atoms with Crippen molar-refractivity contribution in [1.82, 2.24) is 5.32 Å². The number of hydrogen-bond acceptors (Lipinski definition) is 4. The summed E-state index contributed by atoms with van der Waals surface area (Å²) >= 11 is 0. The predicted molar refractivity (Wildman–Crippen MR) is 81.1 cm³/mol. The fourth-order valence-corrected chi connectivity index (χ4v) is 2.26. The maximum atomic E-state index is 12.0. The highest BCUT2D eigenvalue weighted by atomic mass is 35.5. The summed E-state index contributed by atoms with van der Waals surface area (Å²) in [4.78, 5) is 12.0. The predicted octanol–water partition coefficient (Wildman–Crippen LogP) is 2.21. The topological polar surface area (TPSA) is 59.6 Å². The van der Waals surface area contributed by atoms with E-state index in [4.69, 9.17) is 9.47 Å². The van der Waals surface area contributed by atoms with Crippen LogP contribution in [0.1, 0.15) is 19.3 Å². The van der Waals surface area contributed by atoms with Crippen molar-refractivity contribution < 1.29 is 14.3 Å². The Morgan fingerprint density at radius 3 is 2.80 bits per heavy atom. The average molecular weight is 301 g/mol. The molecule has 0 spiro atoms. The van der Waals surface area contributed by atoms with Gasteiger partial charge >= 0.3 is 0 Å². The van der Waals surface area contributed by atoms with Gasteiger partial charge in [-0.15, -0.1) is 12.4 Å². The highest BCUT2D eigenvalue weighted by molar-refractivity contribution is 5.92. The van der Waals surface area contributed by atoms with Crippen LogP contribution in [0.5, 0.6) is 11.5 Å². The number of amides is 1. The molecule has 0 aliphatic carbocycles. The van der Waals surface area contributed by atoms with Gasteiger partial charge in [-0.3, -0.25) is 4.79 Å². The molecule has 1 amide bonds. The molecule has 0 bridgehead atoms. The monoisotopic (exact) mass is 300 g/mol. The summed E-state index contributed by atoms with van der Waals surface area (Å²) in [6, 6.07) is 5.64. The molecule has 1 unspecified atom stereocenters. The molecule has 0 saturated carbocycles. The lowest BCUT2D eigenvalue weighted by Crippen LogP contribution is -2.27. The van der Waals surface area contributed by atoms with Crippen LogP contribution in [-0.4, -0.2) is 32.7 Å². The van der Waals surface area contributed by atoms with Crippen molar-refractivity contribution in [2.24, 2.45) is 0 Å². The van der Waals surface area contributed by atoms with Gasteiger partial charge in [0.2, 0.25) is 5.91 Å². The van der Waals surface area contributed by atoms with Crippen molar-refractivity contribution in [3.05, 3.63) is 18.2 Å². The number of anilines is 1. The molecular formula is C14H21ClN2O3. The largest absolute Gasteiger partial charge is 0.497 e. The van der Waals surface area contributed by atoms with Gasteiger partial charge in [0.15, 0.2) is 0 Å². The second-order valence-electron chi connectivity index (χ2n) is 4.61. The Kier molecular flexibility index (Phi) is 6.61. The molecule has 1 aliphatic heterocycles. The van der Waals surface area contributed by atoms with Crippen LogP contribution in [0.2, 0.25) is 0 Å². The van der Waals surface area contributed by atoms with Gasteiger partial charge < -0.3 is 20.1 Å². The van der Waals surface area contributed by atoms with E-state index < -0.39 is 0 Å². The summed E-state index contributed by atoms with van der Waals surface area (Å²) in [5.74, 6) is 1.31. The van der Waals surface area contributed by atoms with Gasteiger partial charge in [-0.1, -0.05) is 0 Å². The number of benzene rings is 1. The van der Waals surface area contributed by atoms with Crippen molar-refractivity contribution in [3.63, 3.8) is 0 Å². The maximum Gasteiger partial charge on any atom is 0.226 e. The van der Waals surface area contributed by atoms with E-state index in [0.717, 1.165) is 19.4 Å². The van der Waals surface area contributed by atoms with E-state index in [1.165, 1.54) is 0 Å². The quantitative estimate of drug-likeness (QED) is 0.875. The zero-order valence-electron chi connectivity index (χ0n) is 11.8. The molecule has 6 heteroatoms. The summed E-state index contributed by atoms with van der Waals surface area (Å²) in [6.07, 6.45) is 2.70. The maximum absolute atomic E-state index is 12.0. The number of halogens is 1. The van der Waals surface area contributed by atoms with E-state index >= 15 is 0 Å². The number of carbonyl (C=O) groups excluding carboxylic acids is 1. The highest BCUT2D eigenvalue weighted by Crippen LogP contribution is 2.29. The van der Waals surface area contributed by atoms with Gasteiger partial charge in [0.25, 0.3) is 0 Å². The molecule has 0 aromatic heterocycles. The molecule has 112 valence electrons. The summed E-state index contributed by atoms with van der Waals surface area (Å²) in [5.41, 5.74) is 0.672. The zero-order chi connectivity index (χ0) is 13.7. The minimum atomic E-state index is 0. The third-order valence-corrected chi connectivity index (χ3v) is 3.28. The van der Waals surface area contributed by atoms with Crippen molar-refractivity contribution >= 4 is 24.0 Å². The summed E-state index contributed by atoms with van der Waals surface area (Å²) in [7, 11) is 3.17. The Morgan fingerprint density at radius 1 is 1.40 bits per heavy atom. The van der Waals surface area contributed by atoms with E-state index in [9.17, 15) is 4.79 Å². The minimum Gasteiger partial charge on any atom is -0.497 e. The van der Waals surface area contributed by atoms with Crippen LogP contribution in [-0.2, 0) is 4.79 Å². The van der Waals surface area contributed by atoms with Crippen LogP contribution in [0, 0.1) is 0 Å². The number of carbonyl (C=O) groups is 1. The number of ether oxygens (including phenoxy) is 2. The Bertz CT molecular complexity index is 448. The van der Waals surface area contributed by atoms with Gasteiger partial charge in [-0.25, -0.2) is 0 Å². The summed E-state index contributed by atoms with van der Waals surface area (Å²) in [6.45, 7) is 1.00. The third kappa shape index (κ3) is 4.28. The number of methoxy groups -OCH3 is 2. The Morgan fingerprint density at radius 2 is 2.20 bits per heavy atom. The Hall–Kier alpha value is -1.46. The minimum absolute atomic E-state index is 0. The zero-order valence-corrected chi connectivity index (χ0v) is 12.6. The molecule has 1 atom stereocenters. The standard InChI is InChI=1S/C14H20N2O3.ClH/c1-18-11-5-6-12(13(9-11)19-2)16-14(17)8-10-4-3-7-15-10;/h5-6,9-10,15H,3-4,7-8H2,1-2H3,(H,16,17);1H. The van der Waals surface area contributed by atoms with Crippen molar-refractivity contribution in [3.8, 4) is 11.5 Å². The Labute approximate surface area is 125 Å². The Balaban J connectivity index is 0.00000200. The lowest BCUT2D eigenvalue weighted by molar-refractivity contribution is -0.116. The van der Waals surface area contributed by atoms with Crippen LogP contribution in [0.4, 0.5) is 5.69 Å². The van der Waals surface area contributed by atoms with E-state index in [0.29, 0.717) is 29.6 Å². The van der Waals surface area contributed by atoms with Crippen molar-refractivity contribution in [1.29, 1.82) is 0 Å². The summed E-state index contributed by atoms with van der Waals surface area (Å²) in [5, 5.41) is 6.19.